The first-order chi connectivity index (χ1) is 12.0. The van der Waals surface area contributed by atoms with Crippen LogP contribution in [0.5, 0.6) is 11.5 Å². The molecule has 25 heavy (non-hydrogen) atoms. The van der Waals surface area contributed by atoms with E-state index in [1.54, 1.807) is 0 Å². The number of phenolic OH excluding ortho intramolecular Hbond substituents is 2. The van der Waals surface area contributed by atoms with Gasteiger partial charge in [0.25, 0.3) is 0 Å². The Hall–Kier alpha value is -3.34. The van der Waals surface area contributed by atoms with Gasteiger partial charge in [0, 0.05) is 6.07 Å². The minimum absolute atomic E-state index is 0.00393. The molecule has 0 heterocycles. The number of fused-ring (bicyclic) bond motifs is 1. The van der Waals surface area contributed by atoms with Crippen LogP contribution >= 0.6 is 0 Å². The van der Waals surface area contributed by atoms with Crippen LogP contribution in [0.3, 0.4) is 0 Å². The largest absolute Gasteiger partial charge is 0.508 e. The van der Waals surface area contributed by atoms with Gasteiger partial charge < -0.3 is 14.9 Å². The van der Waals surface area contributed by atoms with E-state index in [-0.39, 0.29) is 23.5 Å². The van der Waals surface area contributed by atoms with Crippen molar-refractivity contribution >= 4 is 22.5 Å². The Labute approximate surface area is 144 Å². The fourth-order valence-electron chi connectivity index (χ4n) is 2.63. The molecular formula is C20H16O5. The molecule has 126 valence electrons. The molecule has 0 spiro atoms. The Morgan fingerprint density at radius 3 is 2.48 bits per heavy atom. The molecule has 5 nitrogen and oxygen atoms in total. The summed E-state index contributed by atoms with van der Waals surface area (Å²) in [5.74, 6) is -1.57. The first-order valence-electron chi connectivity index (χ1n) is 7.72. The van der Waals surface area contributed by atoms with Gasteiger partial charge in [-0.3, -0.25) is 9.59 Å². The van der Waals surface area contributed by atoms with Gasteiger partial charge in [-0.25, -0.2) is 0 Å². The molecule has 3 aromatic carbocycles. The van der Waals surface area contributed by atoms with Crippen LogP contribution in [0.2, 0.25) is 0 Å². The van der Waals surface area contributed by atoms with E-state index in [2.05, 4.69) is 0 Å². The van der Waals surface area contributed by atoms with E-state index in [0.29, 0.717) is 0 Å². The van der Waals surface area contributed by atoms with Gasteiger partial charge >= 0.3 is 5.97 Å². The molecule has 0 aliphatic rings. The number of benzene rings is 3. The van der Waals surface area contributed by atoms with Crippen LogP contribution in [0.4, 0.5) is 0 Å². The SMILES string of the molecule is O=C(Cc1cccc2ccccc12)OCC(=O)c1ccc(O)cc1O. The molecule has 0 amide bonds. The number of aromatic hydroxyl groups is 2. The predicted octanol–water partition coefficient (Wildman–Crippen LogP) is 3.22. The van der Waals surface area contributed by atoms with Crippen molar-refractivity contribution in [3.05, 3.63) is 71.8 Å². The molecule has 0 saturated carbocycles. The third kappa shape index (κ3) is 3.77. The molecule has 0 aliphatic heterocycles. The molecule has 0 aliphatic carbocycles. The minimum atomic E-state index is -0.538. The summed E-state index contributed by atoms with van der Waals surface area (Å²) in [5, 5.41) is 20.9. The number of rotatable bonds is 5. The van der Waals surface area contributed by atoms with Crippen LogP contribution in [0.15, 0.2) is 60.7 Å². The lowest BCUT2D eigenvalue weighted by Gasteiger charge is -2.08. The van der Waals surface area contributed by atoms with E-state index >= 15 is 0 Å². The quantitative estimate of drug-likeness (QED) is 0.552. The van der Waals surface area contributed by atoms with Crippen LogP contribution in [0.1, 0.15) is 15.9 Å². The maximum absolute atomic E-state index is 12.1. The van der Waals surface area contributed by atoms with Crippen LogP contribution in [-0.2, 0) is 16.0 Å². The number of carbonyl (C=O) groups excluding carboxylic acids is 2. The Morgan fingerprint density at radius 2 is 1.68 bits per heavy atom. The number of hydrogen-bond acceptors (Lipinski definition) is 5. The van der Waals surface area contributed by atoms with Crippen molar-refractivity contribution in [3.63, 3.8) is 0 Å². The highest BCUT2D eigenvalue weighted by Gasteiger charge is 2.15. The highest BCUT2D eigenvalue weighted by atomic mass is 16.5. The van der Waals surface area contributed by atoms with E-state index in [4.69, 9.17) is 4.74 Å². The Kier molecular flexibility index (Phi) is 4.66. The smallest absolute Gasteiger partial charge is 0.310 e. The number of hydrogen-bond donors (Lipinski definition) is 2. The number of phenols is 2. The van der Waals surface area contributed by atoms with Crippen LogP contribution < -0.4 is 0 Å². The van der Waals surface area contributed by atoms with Crippen molar-refractivity contribution in [1.29, 1.82) is 0 Å². The van der Waals surface area contributed by atoms with Crippen molar-refractivity contribution in [1.82, 2.24) is 0 Å². The minimum Gasteiger partial charge on any atom is -0.508 e. The third-order valence-electron chi connectivity index (χ3n) is 3.86. The summed E-state index contributed by atoms with van der Waals surface area (Å²) >= 11 is 0. The van der Waals surface area contributed by atoms with Gasteiger partial charge in [0.05, 0.1) is 12.0 Å². The van der Waals surface area contributed by atoms with Gasteiger partial charge in [0.1, 0.15) is 11.5 Å². The molecule has 0 radical (unpaired) electrons. The molecule has 3 aromatic rings. The van der Waals surface area contributed by atoms with E-state index in [1.165, 1.54) is 12.1 Å². The normalized spacial score (nSPS) is 10.6. The zero-order valence-corrected chi connectivity index (χ0v) is 13.3. The topological polar surface area (TPSA) is 83.8 Å². The zero-order chi connectivity index (χ0) is 17.8. The fourth-order valence-corrected chi connectivity index (χ4v) is 2.63. The number of ether oxygens (including phenoxy) is 1. The summed E-state index contributed by atoms with van der Waals surface area (Å²) in [6, 6.07) is 17.0. The molecule has 0 unspecified atom stereocenters. The number of Topliss-reactive ketones (excluding diaryl/α,β-unsaturated/α-hetero) is 1. The van der Waals surface area contributed by atoms with E-state index in [0.717, 1.165) is 22.4 Å². The predicted molar refractivity (Wildman–Crippen MR) is 92.7 cm³/mol. The molecule has 5 heteroatoms. The Bertz CT molecular complexity index is 940. The van der Waals surface area contributed by atoms with Gasteiger partial charge in [-0.15, -0.1) is 0 Å². The van der Waals surface area contributed by atoms with Crippen LogP contribution in [0.25, 0.3) is 10.8 Å². The number of esters is 1. The van der Waals surface area contributed by atoms with E-state index < -0.39 is 18.4 Å². The van der Waals surface area contributed by atoms with Crippen molar-refractivity contribution in [2.24, 2.45) is 0 Å². The summed E-state index contributed by atoms with van der Waals surface area (Å²) in [4.78, 5) is 24.1. The summed E-state index contributed by atoms with van der Waals surface area (Å²) in [6.45, 7) is -0.470. The molecule has 0 fully saturated rings. The lowest BCUT2D eigenvalue weighted by molar-refractivity contribution is -0.141. The Morgan fingerprint density at radius 1 is 0.920 bits per heavy atom. The molecule has 0 aromatic heterocycles. The number of carbonyl (C=O) groups is 2. The highest BCUT2D eigenvalue weighted by molar-refractivity contribution is 6.00. The maximum atomic E-state index is 12.1. The number of ketones is 1. The Balaban J connectivity index is 1.65. The third-order valence-corrected chi connectivity index (χ3v) is 3.86. The van der Waals surface area contributed by atoms with Crippen molar-refractivity contribution in [2.75, 3.05) is 6.61 Å². The van der Waals surface area contributed by atoms with E-state index in [9.17, 15) is 19.8 Å². The first-order valence-corrected chi connectivity index (χ1v) is 7.72. The lowest BCUT2D eigenvalue weighted by atomic mass is 10.0. The average molecular weight is 336 g/mol. The van der Waals surface area contributed by atoms with Gasteiger partial charge in [-0.2, -0.15) is 0 Å². The second kappa shape index (κ2) is 7.05. The first kappa shape index (κ1) is 16.5. The summed E-state index contributed by atoms with van der Waals surface area (Å²) in [5.41, 5.74) is 0.818. The molecular weight excluding hydrogens is 320 g/mol. The van der Waals surface area contributed by atoms with Gasteiger partial charge in [-0.05, 0) is 28.5 Å². The van der Waals surface area contributed by atoms with Crippen molar-refractivity contribution in [3.8, 4) is 11.5 Å². The summed E-state index contributed by atoms with van der Waals surface area (Å²) in [7, 11) is 0. The molecule has 0 saturated heterocycles. The van der Waals surface area contributed by atoms with Crippen molar-refractivity contribution < 1.29 is 24.5 Å². The summed E-state index contributed by atoms with van der Waals surface area (Å²) < 4.78 is 5.03. The second-order valence-electron chi connectivity index (χ2n) is 5.60. The maximum Gasteiger partial charge on any atom is 0.310 e. The van der Waals surface area contributed by atoms with Gasteiger partial charge in [0.15, 0.2) is 6.61 Å². The molecule has 0 atom stereocenters. The standard InChI is InChI=1S/C20H16O5/c21-15-8-9-17(18(22)11-15)19(23)12-25-20(24)10-14-6-3-5-13-4-1-2-7-16(13)14/h1-9,11,21-22H,10,12H2. The zero-order valence-electron chi connectivity index (χ0n) is 13.3. The lowest BCUT2D eigenvalue weighted by Crippen LogP contribution is -2.16. The highest BCUT2D eigenvalue weighted by Crippen LogP contribution is 2.23. The van der Waals surface area contributed by atoms with Crippen LogP contribution in [0, 0.1) is 0 Å². The summed E-state index contributed by atoms with van der Waals surface area (Å²) in [6.07, 6.45) is 0.0518. The molecule has 2 N–H and O–H groups in total. The van der Waals surface area contributed by atoms with E-state index in [1.807, 2.05) is 42.5 Å². The van der Waals surface area contributed by atoms with Gasteiger partial charge in [-0.1, -0.05) is 42.5 Å². The van der Waals surface area contributed by atoms with Crippen molar-refractivity contribution in [2.45, 2.75) is 6.42 Å². The second-order valence-corrected chi connectivity index (χ2v) is 5.60. The molecule has 3 rings (SSSR count). The fraction of sp³-hybridized carbons (Fsp3) is 0.100. The average Bonchev–Trinajstić information content (AvgIpc) is 2.60. The van der Waals surface area contributed by atoms with Gasteiger partial charge in [0.2, 0.25) is 5.78 Å². The van der Waals surface area contributed by atoms with Crippen LogP contribution in [-0.4, -0.2) is 28.6 Å². The monoisotopic (exact) mass is 336 g/mol. The molecule has 0 bridgehead atoms.